The van der Waals surface area contributed by atoms with Crippen molar-refractivity contribution in [2.75, 3.05) is 27.2 Å². The summed E-state index contributed by atoms with van der Waals surface area (Å²) in [6.45, 7) is 1.46. The number of aromatic amines is 2. The Balaban J connectivity index is 1.38. The van der Waals surface area contributed by atoms with Crippen LogP contribution in [-0.4, -0.2) is 62.3 Å². The number of nitrogens with zero attached hydrogens (tertiary/aromatic N) is 5. The molecule has 0 saturated heterocycles. The lowest BCUT2D eigenvalue weighted by Crippen LogP contribution is -2.19. The predicted octanol–water partition coefficient (Wildman–Crippen LogP) is 5.17. The third-order valence-corrected chi connectivity index (χ3v) is 6.17. The molecule has 1 aromatic carbocycles. The normalized spacial score (nSPS) is 11.5. The van der Waals surface area contributed by atoms with E-state index in [1.54, 1.807) is 18.6 Å². The highest BCUT2D eigenvalue weighted by atomic mass is 16.5. The van der Waals surface area contributed by atoms with Gasteiger partial charge in [0.1, 0.15) is 18.1 Å². The lowest BCUT2D eigenvalue weighted by Gasteiger charge is -2.11. The molecule has 0 radical (unpaired) electrons. The monoisotopic (exact) mass is 475 g/mol. The molecular weight excluding hydrogens is 450 g/mol. The first-order chi connectivity index (χ1) is 17.7. The highest BCUT2D eigenvalue weighted by Gasteiger charge is 2.15. The van der Waals surface area contributed by atoms with E-state index in [9.17, 15) is 0 Å². The Hall–Kier alpha value is -4.56. The SMILES string of the molecule is CN(C)CCOc1cncc(-c2ccc3[nH]nc(-c4cc5c(-c6ccncc6)nccc5[nH]4)c3c2)c1. The summed E-state index contributed by atoms with van der Waals surface area (Å²) in [4.78, 5) is 18.8. The van der Waals surface area contributed by atoms with Crippen LogP contribution in [0.1, 0.15) is 0 Å². The van der Waals surface area contributed by atoms with Gasteiger partial charge in [0.05, 0.1) is 23.1 Å². The zero-order valence-electron chi connectivity index (χ0n) is 20.1. The van der Waals surface area contributed by atoms with Crippen LogP contribution in [-0.2, 0) is 0 Å². The highest BCUT2D eigenvalue weighted by Crippen LogP contribution is 2.34. The van der Waals surface area contributed by atoms with Gasteiger partial charge < -0.3 is 14.6 Å². The molecule has 0 amide bonds. The minimum Gasteiger partial charge on any atom is -0.491 e. The zero-order valence-corrected chi connectivity index (χ0v) is 20.1. The van der Waals surface area contributed by atoms with Gasteiger partial charge in [-0.05, 0) is 62.1 Å². The molecule has 36 heavy (non-hydrogen) atoms. The summed E-state index contributed by atoms with van der Waals surface area (Å²) in [7, 11) is 4.05. The van der Waals surface area contributed by atoms with Crippen molar-refractivity contribution in [1.29, 1.82) is 0 Å². The number of likely N-dealkylation sites (N-methyl/N-ethyl adjacent to an activating group) is 1. The minimum atomic E-state index is 0.611. The fourth-order valence-electron chi connectivity index (χ4n) is 4.32. The Morgan fingerprint density at radius 1 is 0.778 bits per heavy atom. The van der Waals surface area contributed by atoms with E-state index in [2.05, 4.69) is 53.2 Å². The number of fused-ring (bicyclic) bond motifs is 2. The topological polar surface area (TPSA) is 95.6 Å². The number of pyridine rings is 3. The predicted molar refractivity (Wildman–Crippen MR) is 142 cm³/mol. The standard InChI is InChI=1S/C28H25N7O/c1-35(2)11-12-36-21-13-20(16-30-17-21)19-3-4-25-22(14-19)28(34-33-25)26-15-23-24(32-26)7-10-31-27(23)18-5-8-29-9-6-18/h3-10,13-17,32H,11-12H2,1-2H3,(H,33,34). The fraction of sp³-hybridized carbons (Fsp3) is 0.143. The molecular formula is C28H25N7O. The number of rotatable bonds is 7. The molecule has 0 fully saturated rings. The molecule has 0 aliphatic heterocycles. The van der Waals surface area contributed by atoms with Gasteiger partial charge in [-0.25, -0.2) is 0 Å². The van der Waals surface area contributed by atoms with Crippen molar-refractivity contribution >= 4 is 21.8 Å². The van der Waals surface area contributed by atoms with Crippen molar-refractivity contribution in [2.45, 2.75) is 0 Å². The van der Waals surface area contributed by atoms with Crippen molar-refractivity contribution in [3.05, 3.63) is 79.5 Å². The maximum atomic E-state index is 5.89. The number of nitrogens with one attached hydrogen (secondary N) is 2. The number of H-pyrrole nitrogens is 2. The fourth-order valence-corrected chi connectivity index (χ4v) is 4.32. The summed E-state index contributed by atoms with van der Waals surface area (Å²) in [5.41, 5.74) is 7.73. The molecule has 8 nitrogen and oxygen atoms in total. The van der Waals surface area contributed by atoms with Gasteiger partial charge in [-0.1, -0.05) is 6.07 Å². The molecule has 8 heteroatoms. The average molecular weight is 476 g/mol. The maximum Gasteiger partial charge on any atom is 0.138 e. The molecule has 2 N–H and O–H groups in total. The number of hydrogen-bond donors (Lipinski definition) is 2. The second-order valence-corrected chi connectivity index (χ2v) is 8.93. The molecule has 178 valence electrons. The number of benzene rings is 1. The second kappa shape index (κ2) is 9.24. The lowest BCUT2D eigenvalue weighted by atomic mass is 10.0. The van der Waals surface area contributed by atoms with Crippen LogP contribution in [0, 0.1) is 0 Å². The first kappa shape index (κ1) is 21.9. The van der Waals surface area contributed by atoms with Gasteiger partial charge in [0.2, 0.25) is 0 Å². The summed E-state index contributed by atoms with van der Waals surface area (Å²) in [6, 6.07) is 16.3. The van der Waals surface area contributed by atoms with Crippen molar-refractivity contribution in [2.24, 2.45) is 0 Å². The maximum absolute atomic E-state index is 5.89. The smallest absolute Gasteiger partial charge is 0.138 e. The zero-order chi connectivity index (χ0) is 24.5. The van der Waals surface area contributed by atoms with E-state index < -0.39 is 0 Å². The van der Waals surface area contributed by atoms with Gasteiger partial charge >= 0.3 is 0 Å². The quantitative estimate of drug-likeness (QED) is 0.331. The molecule has 0 aliphatic rings. The van der Waals surface area contributed by atoms with Gasteiger partial charge in [-0.2, -0.15) is 5.10 Å². The first-order valence-electron chi connectivity index (χ1n) is 11.8. The summed E-state index contributed by atoms with van der Waals surface area (Å²) in [5.74, 6) is 0.758. The van der Waals surface area contributed by atoms with E-state index in [4.69, 9.17) is 4.74 Å². The lowest BCUT2D eigenvalue weighted by molar-refractivity contribution is 0.261. The van der Waals surface area contributed by atoms with Crippen LogP contribution in [0.3, 0.4) is 0 Å². The Bertz CT molecular complexity index is 1650. The molecule has 0 aliphatic carbocycles. The van der Waals surface area contributed by atoms with Crippen molar-refractivity contribution in [1.82, 2.24) is 35.0 Å². The molecule has 6 aromatic rings. The number of hydrogen-bond acceptors (Lipinski definition) is 6. The van der Waals surface area contributed by atoms with Crippen molar-refractivity contribution in [3.63, 3.8) is 0 Å². The van der Waals surface area contributed by atoms with Crippen LogP contribution < -0.4 is 4.74 Å². The molecule has 0 atom stereocenters. The molecule has 5 heterocycles. The van der Waals surface area contributed by atoms with Crippen LogP contribution in [0.4, 0.5) is 0 Å². The van der Waals surface area contributed by atoms with Crippen molar-refractivity contribution in [3.8, 4) is 39.5 Å². The Labute approximate surface area is 208 Å². The van der Waals surface area contributed by atoms with E-state index in [0.717, 1.165) is 67.9 Å². The van der Waals surface area contributed by atoms with E-state index in [1.807, 2.05) is 56.8 Å². The largest absolute Gasteiger partial charge is 0.491 e. The highest BCUT2D eigenvalue weighted by molar-refractivity contribution is 6.00. The summed E-state index contributed by atoms with van der Waals surface area (Å²) in [6.07, 6.45) is 8.99. The van der Waals surface area contributed by atoms with E-state index in [0.29, 0.717) is 6.61 Å². The molecule has 6 rings (SSSR count). The molecule has 5 aromatic heterocycles. The molecule has 0 bridgehead atoms. The number of ether oxygens (including phenoxy) is 1. The van der Waals surface area contributed by atoms with Crippen molar-refractivity contribution < 1.29 is 4.74 Å². The summed E-state index contributed by atoms with van der Waals surface area (Å²) < 4.78 is 5.89. The van der Waals surface area contributed by atoms with Crippen LogP contribution in [0.25, 0.3) is 55.6 Å². The Morgan fingerprint density at radius 3 is 2.50 bits per heavy atom. The van der Waals surface area contributed by atoms with E-state index in [1.165, 1.54) is 0 Å². The Kier molecular flexibility index (Phi) is 5.63. The van der Waals surface area contributed by atoms with Gasteiger partial charge in [0.15, 0.2) is 0 Å². The van der Waals surface area contributed by atoms with Crippen LogP contribution in [0.15, 0.2) is 79.5 Å². The third kappa shape index (κ3) is 4.18. The van der Waals surface area contributed by atoms with Crippen LogP contribution in [0.5, 0.6) is 5.75 Å². The molecule has 0 spiro atoms. The number of aromatic nitrogens is 6. The van der Waals surface area contributed by atoms with Gasteiger partial charge in [0, 0.05) is 58.7 Å². The summed E-state index contributed by atoms with van der Waals surface area (Å²) in [5, 5.41) is 9.87. The second-order valence-electron chi connectivity index (χ2n) is 8.93. The molecule has 0 unspecified atom stereocenters. The van der Waals surface area contributed by atoms with E-state index >= 15 is 0 Å². The minimum absolute atomic E-state index is 0.611. The molecule has 0 saturated carbocycles. The van der Waals surface area contributed by atoms with Gasteiger partial charge in [-0.15, -0.1) is 0 Å². The van der Waals surface area contributed by atoms with Gasteiger partial charge in [-0.3, -0.25) is 20.1 Å². The van der Waals surface area contributed by atoms with Gasteiger partial charge in [0.25, 0.3) is 0 Å². The summed E-state index contributed by atoms with van der Waals surface area (Å²) >= 11 is 0. The third-order valence-electron chi connectivity index (χ3n) is 6.17. The average Bonchev–Trinajstić information content (AvgIpc) is 3.53. The first-order valence-corrected chi connectivity index (χ1v) is 11.8. The van der Waals surface area contributed by atoms with Crippen LogP contribution in [0.2, 0.25) is 0 Å². The Morgan fingerprint density at radius 2 is 1.64 bits per heavy atom. The van der Waals surface area contributed by atoms with Crippen LogP contribution >= 0.6 is 0 Å². The van der Waals surface area contributed by atoms with E-state index in [-0.39, 0.29) is 0 Å².